The number of hydrogen-bond donors (Lipinski definition) is 0. The molecule has 22 heavy (non-hydrogen) atoms. The highest BCUT2D eigenvalue weighted by molar-refractivity contribution is 5.89. The number of hydrogen-bond acceptors (Lipinski definition) is 2. The van der Waals surface area contributed by atoms with Gasteiger partial charge in [-0.15, -0.1) is 0 Å². The first kappa shape index (κ1) is 16.5. The third kappa shape index (κ3) is 2.77. The Labute approximate surface area is 137 Å². The van der Waals surface area contributed by atoms with E-state index >= 15 is 0 Å². The monoisotopic (exact) mass is 305 g/mol. The van der Waals surface area contributed by atoms with Crippen LogP contribution < -0.4 is 0 Å². The quantitative estimate of drug-likeness (QED) is 0.739. The van der Waals surface area contributed by atoms with E-state index in [0.29, 0.717) is 11.2 Å². The highest BCUT2D eigenvalue weighted by Crippen LogP contribution is 2.66. The van der Waals surface area contributed by atoms with Gasteiger partial charge in [0.05, 0.1) is 6.04 Å². The van der Waals surface area contributed by atoms with Crippen molar-refractivity contribution in [3.05, 3.63) is 0 Å². The molecule has 1 unspecified atom stereocenters. The second-order valence-corrected chi connectivity index (χ2v) is 10.4. The molecule has 2 nitrogen and oxygen atoms in total. The molecule has 3 fully saturated rings. The highest BCUT2D eigenvalue weighted by Gasteiger charge is 2.64. The predicted molar refractivity (Wildman–Crippen MR) is 91.8 cm³/mol. The third-order valence-electron chi connectivity index (χ3n) is 6.59. The topological polar surface area (TPSA) is 20.3 Å². The zero-order chi connectivity index (χ0) is 16.3. The molecule has 3 aliphatic rings. The van der Waals surface area contributed by atoms with Crippen LogP contribution in [0.15, 0.2) is 0 Å². The summed E-state index contributed by atoms with van der Waals surface area (Å²) in [7, 11) is 0. The molecule has 2 saturated carbocycles. The molecular weight excluding hydrogens is 270 g/mol. The van der Waals surface area contributed by atoms with E-state index in [1.165, 1.54) is 32.1 Å². The van der Waals surface area contributed by atoms with Gasteiger partial charge in [-0.3, -0.25) is 9.69 Å². The summed E-state index contributed by atoms with van der Waals surface area (Å²) in [4.78, 5) is 15.6. The molecular formula is C20H35NO. The van der Waals surface area contributed by atoms with Crippen LogP contribution in [0, 0.1) is 22.7 Å². The van der Waals surface area contributed by atoms with Crippen molar-refractivity contribution in [1.29, 1.82) is 0 Å². The van der Waals surface area contributed by atoms with Crippen molar-refractivity contribution in [3.63, 3.8) is 0 Å². The minimum atomic E-state index is -0.225. The standard InChI is InChI=1S/C20H35NO/c1-18(2,3)17(22)16-12-20(13-21(16)19(4,5)6)11-15(20)14-9-7-8-10-14/h14-16H,7-13H2,1-6H3/t15?,16-,20+/m0/s1. The smallest absolute Gasteiger partial charge is 0.155 e. The van der Waals surface area contributed by atoms with Gasteiger partial charge >= 0.3 is 0 Å². The van der Waals surface area contributed by atoms with Gasteiger partial charge < -0.3 is 0 Å². The van der Waals surface area contributed by atoms with Gasteiger partial charge in [-0.1, -0.05) is 46.5 Å². The third-order valence-corrected chi connectivity index (χ3v) is 6.59. The first-order valence-corrected chi connectivity index (χ1v) is 9.36. The molecule has 126 valence electrons. The summed E-state index contributed by atoms with van der Waals surface area (Å²) in [6.07, 6.45) is 8.27. The van der Waals surface area contributed by atoms with Crippen molar-refractivity contribution in [3.8, 4) is 0 Å². The summed E-state index contributed by atoms with van der Waals surface area (Å²) in [5.74, 6) is 2.33. The van der Waals surface area contributed by atoms with Crippen molar-refractivity contribution < 1.29 is 4.79 Å². The Morgan fingerprint density at radius 2 is 1.59 bits per heavy atom. The molecule has 1 aliphatic heterocycles. The zero-order valence-corrected chi connectivity index (χ0v) is 15.5. The summed E-state index contributed by atoms with van der Waals surface area (Å²) in [5.41, 5.74) is 0.350. The molecule has 0 aromatic heterocycles. The number of Topliss-reactive ketones (excluding diaryl/α,β-unsaturated/α-hetero) is 1. The molecule has 0 N–H and O–H groups in total. The number of carbonyl (C=O) groups is 1. The van der Waals surface area contributed by atoms with E-state index in [1.807, 2.05) is 0 Å². The van der Waals surface area contributed by atoms with E-state index in [4.69, 9.17) is 0 Å². The molecule has 2 aliphatic carbocycles. The van der Waals surface area contributed by atoms with Crippen molar-refractivity contribution in [2.45, 2.75) is 91.6 Å². The first-order valence-electron chi connectivity index (χ1n) is 9.36. The predicted octanol–water partition coefficient (Wildman–Crippen LogP) is 4.67. The lowest BCUT2D eigenvalue weighted by Gasteiger charge is -2.38. The largest absolute Gasteiger partial charge is 0.297 e. The Bertz CT molecular complexity index is 449. The fourth-order valence-electron chi connectivity index (χ4n) is 5.27. The van der Waals surface area contributed by atoms with Crippen LogP contribution in [0.5, 0.6) is 0 Å². The minimum Gasteiger partial charge on any atom is -0.297 e. The molecule has 1 saturated heterocycles. The lowest BCUT2D eigenvalue weighted by Crippen LogP contribution is -2.50. The fourth-order valence-corrected chi connectivity index (χ4v) is 5.27. The van der Waals surface area contributed by atoms with Gasteiger partial charge in [0.25, 0.3) is 0 Å². The summed E-state index contributed by atoms with van der Waals surface area (Å²) >= 11 is 0. The average Bonchev–Trinajstić information content (AvgIpc) is 2.80. The van der Waals surface area contributed by atoms with E-state index in [9.17, 15) is 4.79 Å². The maximum atomic E-state index is 13.0. The average molecular weight is 306 g/mol. The van der Waals surface area contributed by atoms with Gasteiger partial charge in [0, 0.05) is 17.5 Å². The lowest BCUT2D eigenvalue weighted by atomic mass is 9.82. The summed E-state index contributed by atoms with van der Waals surface area (Å²) < 4.78 is 0. The van der Waals surface area contributed by atoms with Crippen LogP contribution in [-0.4, -0.2) is 28.8 Å². The second-order valence-electron chi connectivity index (χ2n) is 10.4. The Morgan fingerprint density at radius 3 is 2.09 bits per heavy atom. The van der Waals surface area contributed by atoms with Gasteiger partial charge in [0.15, 0.2) is 5.78 Å². The lowest BCUT2D eigenvalue weighted by molar-refractivity contribution is -0.132. The van der Waals surface area contributed by atoms with Crippen LogP contribution in [0.1, 0.15) is 80.1 Å². The summed E-state index contributed by atoms with van der Waals surface area (Å²) in [6.45, 7) is 14.3. The van der Waals surface area contributed by atoms with Gasteiger partial charge in [0.1, 0.15) is 0 Å². The van der Waals surface area contributed by atoms with Crippen LogP contribution in [0.25, 0.3) is 0 Å². The van der Waals surface area contributed by atoms with E-state index in [-0.39, 0.29) is 17.0 Å². The molecule has 0 aromatic carbocycles. The maximum Gasteiger partial charge on any atom is 0.155 e. The normalized spacial score (nSPS) is 37.2. The molecule has 0 radical (unpaired) electrons. The molecule has 3 atom stereocenters. The second kappa shape index (κ2) is 5.06. The van der Waals surface area contributed by atoms with Crippen molar-refractivity contribution in [2.75, 3.05) is 6.54 Å². The Morgan fingerprint density at radius 1 is 1.00 bits per heavy atom. The first-order chi connectivity index (χ1) is 10.0. The highest BCUT2D eigenvalue weighted by atomic mass is 16.1. The Hall–Kier alpha value is -0.370. The Balaban J connectivity index is 1.79. The summed E-state index contributed by atoms with van der Waals surface area (Å²) in [5, 5.41) is 0. The van der Waals surface area contributed by atoms with Crippen molar-refractivity contribution in [1.82, 2.24) is 4.90 Å². The van der Waals surface area contributed by atoms with Gasteiger partial charge in [0.2, 0.25) is 0 Å². The van der Waals surface area contributed by atoms with Crippen LogP contribution in [0.2, 0.25) is 0 Å². The Kier molecular flexibility index (Phi) is 3.79. The van der Waals surface area contributed by atoms with Crippen LogP contribution in [0.4, 0.5) is 0 Å². The van der Waals surface area contributed by atoms with E-state index in [0.717, 1.165) is 24.8 Å². The van der Waals surface area contributed by atoms with Crippen molar-refractivity contribution in [2.24, 2.45) is 22.7 Å². The molecule has 1 heterocycles. The SMILES string of the molecule is CC(C)(C)C(=O)[C@@H]1C[C@]2(CC2C2CCCC2)CN1C(C)(C)C. The van der Waals surface area contributed by atoms with Crippen LogP contribution in [0.3, 0.4) is 0 Å². The van der Waals surface area contributed by atoms with E-state index in [2.05, 4.69) is 46.4 Å². The summed E-state index contributed by atoms with van der Waals surface area (Å²) in [6, 6.07) is 0.145. The maximum absolute atomic E-state index is 13.0. The zero-order valence-electron chi connectivity index (χ0n) is 15.5. The number of nitrogens with zero attached hydrogens (tertiary/aromatic N) is 1. The van der Waals surface area contributed by atoms with Crippen LogP contribution >= 0.6 is 0 Å². The number of ketones is 1. The number of carbonyl (C=O) groups excluding carboxylic acids is 1. The number of rotatable bonds is 2. The minimum absolute atomic E-state index is 0.0951. The molecule has 1 spiro atoms. The molecule has 0 amide bonds. The van der Waals surface area contributed by atoms with Crippen molar-refractivity contribution >= 4 is 5.78 Å². The van der Waals surface area contributed by atoms with Gasteiger partial charge in [-0.2, -0.15) is 0 Å². The molecule has 2 heteroatoms. The van der Waals surface area contributed by atoms with Gasteiger partial charge in [-0.25, -0.2) is 0 Å². The molecule has 3 rings (SSSR count). The van der Waals surface area contributed by atoms with Gasteiger partial charge in [-0.05, 0) is 50.9 Å². The van der Waals surface area contributed by atoms with E-state index < -0.39 is 0 Å². The number of likely N-dealkylation sites (tertiary alicyclic amines) is 1. The fraction of sp³-hybridized carbons (Fsp3) is 0.950. The molecule has 0 bridgehead atoms. The van der Waals surface area contributed by atoms with Crippen LogP contribution in [-0.2, 0) is 4.79 Å². The van der Waals surface area contributed by atoms with E-state index in [1.54, 1.807) is 0 Å². The molecule has 0 aromatic rings.